The van der Waals surface area contributed by atoms with Gasteiger partial charge in [0.15, 0.2) is 11.6 Å². The maximum atomic E-state index is 15.2. The number of aryl methyl sites for hydroxylation is 1. The number of amides is 3. The summed E-state index contributed by atoms with van der Waals surface area (Å²) in [5.41, 5.74) is -1.48. The maximum Gasteiger partial charge on any atom is 0.491 e. The molecule has 2 N–H and O–H groups in total. The van der Waals surface area contributed by atoms with E-state index in [0.717, 1.165) is 36.4 Å². The van der Waals surface area contributed by atoms with Crippen LogP contribution >= 0.6 is 0 Å². The van der Waals surface area contributed by atoms with Gasteiger partial charge in [-0.2, -0.15) is 18.2 Å². The number of carbonyl (C=O) groups excluding carboxylic acids is 3. The van der Waals surface area contributed by atoms with Crippen molar-refractivity contribution in [3.63, 3.8) is 0 Å². The second-order valence-electron chi connectivity index (χ2n) is 11.5. The van der Waals surface area contributed by atoms with Crippen molar-refractivity contribution >= 4 is 41.0 Å². The van der Waals surface area contributed by atoms with Crippen molar-refractivity contribution in [2.75, 3.05) is 48.3 Å². The highest BCUT2D eigenvalue weighted by atomic mass is 19.4. The number of likely N-dealkylation sites (N-methyl/N-ethyl adjacent to an activating group) is 1. The predicted molar refractivity (Wildman–Crippen MR) is 169 cm³/mol. The number of aromatic nitrogens is 2. The van der Waals surface area contributed by atoms with Crippen LogP contribution in [0.25, 0.3) is 11.3 Å². The van der Waals surface area contributed by atoms with Crippen LogP contribution in [0.2, 0.25) is 0 Å². The third kappa shape index (κ3) is 6.63. The van der Waals surface area contributed by atoms with Crippen LogP contribution < -0.4 is 25.2 Å². The first-order valence-corrected chi connectivity index (χ1v) is 15.1. The molecule has 1 fully saturated rings. The fraction of sp³-hybridized carbons (Fsp3) is 0.242. The number of fused-ring (bicyclic) bond motifs is 1. The van der Waals surface area contributed by atoms with Gasteiger partial charge in [-0.15, -0.1) is 0 Å². The van der Waals surface area contributed by atoms with Crippen LogP contribution in [0.15, 0.2) is 54.6 Å². The fourth-order valence-corrected chi connectivity index (χ4v) is 5.55. The Hall–Kier alpha value is -5.71. The number of ether oxygens (including phenoxy) is 1. The van der Waals surface area contributed by atoms with Crippen LogP contribution in [0.1, 0.15) is 21.5 Å². The van der Waals surface area contributed by atoms with E-state index in [2.05, 4.69) is 20.6 Å². The highest BCUT2D eigenvalue weighted by Crippen LogP contribution is 2.44. The Kier molecular flexibility index (Phi) is 9.09. The van der Waals surface area contributed by atoms with Gasteiger partial charge in [0.1, 0.15) is 23.1 Å². The minimum atomic E-state index is -5.49. The van der Waals surface area contributed by atoms with Crippen molar-refractivity contribution in [3.8, 4) is 17.0 Å². The Morgan fingerprint density at radius 1 is 0.920 bits per heavy atom. The summed E-state index contributed by atoms with van der Waals surface area (Å²) in [6, 6.07) is 9.05. The number of rotatable bonds is 6. The number of nitrogens with zero attached hydrogens (tertiary/aromatic N) is 5. The summed E-state index contributed by atoms with van der Waals surface area (Å²) in [5, 5.41) is 4.93. The van der Waals surface area contributed by atoms with Crippen molar-refractivity contribution in [2.24, 2.45) is 0 Å². The van der Waals surface area contributed by atoms with E-state index < -0.39 is 58.5 Å². The van der Waals surface area contributed by atoms with Crippen molar-refractivity contribution < 1.29 is 45.5 Å². The zero-order valence-corrected chi connectivity index (χ0v) is 26.4. The lowest BCUT2D eigenvalue weighted by Crippen LogP contribution is -2.46. The molecule has 0 aliphatic carbocycles. The maximum absolute atomic E-state index is 15.2. The van der Waals surface area contributed by atoms with Gasteiger partial charge in [0.2, 0.25) is 5.95 Å². The minimum Gasteiger partial charge on any atom is -0.418 e. The molecule has 2 aliphatic rings. The van der Waals surface area contributed by atoms with Crippen molar-refractivity contribution in [3.05, 3.63) is 88.7 Å². The number of benzene rings is 3. The van der Waals surface area contributed by atoms with E-state index in [1.807, 2.05) is 11.9 Å². The average molecular weight is 700 g/mol. The zero-order chi connectivity index (χ0) is 35.9. The topological polar surface area (TPSA) is 120 Å². The van der Waals surface area contributed by atoms with Crippen LogP contribution in [0.5, 0.6) is 5.75 Å². The molecule has 0 spiro atoms. The molecule has 11 nitrogen and oxygen atoms in total. The van der Waals surface area contributed by atoms with Crippen molar-refractivity contribution in [1.29, 1.82) is 0 Å². The minimum absolute atomic E-state index is 0.00590. The van der Waals surface area contributed by atoms with E-state index in [1.165, 1.54) is 25.1 Å². The van der Waals surface area contributed by atoms with Crippen LogP contribution in [0.3, 0.4) is 0 Å². The number of halogens is 6. The largest absolute Gasteiger partial charge is 0.491 e. The molecule has 0 bridgehead atoms. The number of hydrogen-bond donors (Lipinski definition) is 2. The van der Waals surface area contributed by atoms with Crippen LogP contribution in [-0.2, 0) is 11.3 Å². The number of piperazine rings is 1. The van der Waals surface area contributed by atoms with Gasteiger partial charge in [0.25, 0.3) is 5.91 Å². The summed E-state index contributed by atoms with van der Waals surface area (Å²) < 4.78 is 89.9. The quantitative estimate of drug-likeness (QED) is 0.150. The molecule has 50 heavy (non-hydrogen) atoms. The molecule has 3 heterocycles. The molecule has 17 heteroatoms. The van der Waals surface area contributed by atoms with E-state index >= 15 is 8.78 Å². The summed E-state index contributed by atoms with van der Waals surface area (Å²) in [7, 11) is 1.89. The summed E-state index contributed by atoms with van der Waals surface area (Å²) in [4.78, 5) is 52.9. The normalized spacial score (nSPS) is 15.0. The third-order valence-electron chi connectivity index (χ3n) is 8.13. The lowest BCUT2D eigenvalue weighted by atomic mass is 9.95. The molecule has 1 saturated heterocycles. The molecule has 4 aromatic rings. The van der Waals surface area contributed by atoms with E-state index in [-0.39, 0.29) is 46.4 Å². The molecule has 260 valence electrons. The molecule has 3 aromatic carbocycles. The van der Waals surface area contributed by atoms with Crippen LogP contribution in [-0.4, -0.2) is 72.2 Å². The Labute approximate surface area is 280 Å². The van der Waals surface area contributed by atoms with Gasteiger partial charge in [-0.25, -0.2) is 32.6 Å². The van der Waals surface area contributed by atoms with Gasteiger partial charge >= 0.3 is 18.2 Å². The molecular weight excluding hydrogens is 672 g/mol. The Bertz CT molecular complexity index is 1980. The Morgan fingerprint density at radius 2 is 1.58 bits per heavy atom. The Balaban J connectivity index is 1.61. The zero-order valence-electron chi connectivity index (χ0n) is 26.4. The third-order valence-corrected chi connectivity index (χ3v) is 8.13. The second kappa shape index (κ2) is 13.3. The molecule has 2 aliphatic heterocycles. The number of carbonyl (C=O) groups is 3. The number of urea groups is 1. The number of nitrogens with one attached hydrogen (secondary N) is 2. The molecule has 1 aromatic heterocycles. The summed E-state index contributed by atoms with van der Waals surface area (Å²) in [6.07, 6.45) is -5.49. The standard InChI is InChI=1S/C33H27F6N7O4/c1-17-6-11-20(29(47)41-19-9-7-18(34)8-10-19)27(50-30(48)33(37,38)39)24(17)25-21-16-40-32(49)46(26-22(35)4-3-5-23(26)36)28(21)43-31(42-25)45-14-12-44(2)13-15-45/h3-11H,12-16H2,1-2H3,(H,40,49)(H,41,47). The van der Waals surface area contributed by atoms with Gasteiger partial charge < -0.3 is 25.2 Å². The molecule has 0 unspecified atom stereocenters. The number of para-hydroxylation sites is 1. The molecule has 0 saturated carbocycles. The number of alkyl halides is 3. The van der Waals surface area contributed by atoms with Crippen LogP contribution in [0, 0.1) is 24.4 Å². The Morgan fingerprint density at radius 3 is 2.22 bits per heavy atom. The number of hydrogen-bond acceptors (Lipinski definition) is 8. The second-order valence-corrected chi connectivity index (χ2v) is 11.5. The van der Waals surface area contributed by atoms with E-state index in [4.69, 9.17) is 4.74 Å². The van der Waals surface area contributed by atoms with Gasteiger partial charge in [0, 0.05) is 43.0 Å². The highest BCUT2D eigenvalue weighted by Gasteiger charge is 2.43. The molecular formula is C33H27F6N7O4. The highest BCUT2D eigenvalue weighted by molar-refractivity contribution is 6.09. The average Bonchev–Trinajstić information content (AvgIpc) is 3.06. The monoisotopic (exact) mass is 699 g/mol. The van der Waals surface area contributed by atoms with Gasteiger partial charge in [0.05, 0.1) is 17.8 Å². The molecule has 0 atom stereocenters. The fourth-order valence-electron chi connectivity index (χ4n) is 5.55. The van der Waals surface area contributed by atoms with Crippen molar-refractivity contribution in [2.45, 2.75) is 19.6 Å². The first-order chi connectivity index (χ1) is 23.7. The van der Waals surface area contributed by atoms with E-state index in [0.29, 0.717) is 31.1 Å². The smallest absolute Gasteiger partial charge is 0.418 e. The van der Waals surface area contributed by atoms with Crippen LogP contribution in [0.4, 0.5) is 54.3 Å². The number of anilines is 4. The van der Waals surface area contributed by atoms with Gasteiger partial charge in [-0.05, 0) is 62.0 Å². The lowest BCUT2D eigenvalue weighted by Gasteiger charge is -2.35. The summed E-state index contributed by atoms with van der Waals surface area (Å²) in [6.45, 7) is 2.93. The summed E-state index contributed by atoms with van der Waals surface area (Å²) in [5.74, 6) is -7.66. The van der Waals surface area contributed by atoms with Gasteiger partial charge in [-0.1, -0.05) is 12.1 Å². The predicted octanol–water partition coefficient (Wildman–Crippen LogP) is 5.70. The summed E-state index contributed by atoms with van der Waals surface area (Å²) >= 11 is 0. The molecule has 6 rings (SSSR count). The number of esters is 1. The lowest BCUT2D eigenvalue weighted by molar-refractivity contribution is -0.189. The van der Waals surface area contributed by atoms with Gasteiger partial charge in [-0.3, -0.25) is 4.79 Å². The van der Waals surface area contributed by atoms with E-state index in [1.54, 1.807) is 4.90 Å². The molecule has 3 amide bonds. The van der Waals surface area contributed by atoms with Crippen molar-refractivity contribution in [1.82, 2.24) is 20.2 Å². The first kappa shape index (κ1) is 34.2. The first-order valence-electron chi connectivity index (χ1n) is 15.1. The van der Waals surface area contributed by atoms with E-state index in [9.17, 15) is 31.9 Å². The SMILES string of the molecule is Cc1ccc(C(=O)Nc2ccc(F)cc2)c(OC(=O)C(F)(F)F)c1-c1nc(N2CCN(C)CC2)nc2c1CNC(=O)N2c1c(F)cccc1F. The molecule has 0 radical (unpaired) electrons.